The van der Waals surface area contributed by atoms with E-state index in [1.165, 1.54) is 19.3 Å². The summed E-state index contributed by atoms with van der Waals surface area (Å²) in [7, 11) is 0. The molecule has 0 radical (unpaired) electrons. The highest BCUT2D eigenvalue weighted by Crippen LogP contribution is 2.35. The average molecular weight is 394 g/mol. The molecule has 1 aromatic heterocycles. The molecule has 19 heavy (non-hydrogen) atoms. The maximum atomic E-state index is 5.98. The third-order valence-electron chi connectivity index (χ3n) is 4.03. The highest BCUT2D eigenvalue weighted by Gasteiger charge is 2.29. The first-order valence-electron chi connectivity index (χ1n) is 6.82. The van der Waals surface area contributed by atoms with Crippen molar-refractivity contribution in [2.45, 2.75) is 39.2 Å². The second-order valence-electron chi connectivity index (χ2n) is 6.08. The van der Waals surface area contributed by atoms with Gasteiger partial charge < -0.3 is 10.2 Å². The van der Waals surface area contributed by atoms with E-state index in [2.05, 4.69) is 50.6 Å². The number of nitrogens with zero attached hydrogens (tertiary/aromatic N) is 1. The predicted octanol–water partition coefficient (Wildman–Crippen LogP) is 4.32. The van der Waals surface area contributed by atoms with E-state index in [1.807, 2.05) is 6.07 Å². The van der Waals surface area contributed by atoms with Gasteiger partial charge in [-0.15, -0.1) is 0 Å². The fourth-order valence-corrected chi connectivity index (χ4v) is 3.34. The van der Waals surface area contributed by atoms with Crippen molar-refractivity contribution in [2.24, 2.45) is 11.1 Å². The standard InChI is InChI=1S/C14H22Br2N2O/c1-14(2)4-3-6-18(7-5-14)11(9-17)12-8-10(15)13(16)19-12/h8,11H,3-7,9,17H2,1-2H3. The van der Waals surface area contributed by atoms with Gasteiger partial charge in [0.05, 0.1) is 10.5 Å². The normalized spacial score (nSPS) is 22.2. The van der Waals surface area contributed by atoms with E-state index in [0.29, 0.717) is 12.0 Å². The molecule has 108 valence electrons. The summed E-state index contributed by atoms with van der Waals surface area (Å²) in [5.41, 5.74) is 6.42. The smallest absolute Gasteiger partial charge is 0.183 e. The second kappa shape index (κ2) is 6.29. The van der Waals surface area contributed by atoms with Crippen LogP contribution in [0.15, 0.2) is 19.6 Å². The van der Waals surface area contributed by atoms with Gasteiger partial charge in [0.1, 0.15) is 5.76 Å². The van der Waals surface area contributed by atoms with Crippen molar-refractivity contribution in [1.82, 2.24) is 4.90 Å². The molecule has 5 heteroatoms. The molecule has 2 N–H and O–H groups in total. The average Bonchev–Trinajstić information content (AvgIpc) is 2.56. The third kappa shape index (κ3) is 3.84. The zero-order valence-corrected chi connectivity index (χ0v) is 14.8. The summed E-state index contributed by atoms with van der Waals surface area (Å²) in [6.45, 7) is 7.49. The van der Waals surface area contributed by atoms with Crippen LogP contribution in [0.3, 0.4) is 0 Å². The Hall–Kier alpha value is 0.160. The Labute approximate surface area is 132 Å². The largest absolute Gasteiger partial charge is 0.451 e. The van der Waals surface area contributed by atoms with Crippen LogP contribution in [0.5, 0.6) is 0 Å². The highest BCUT2D eigenvalue weighted by atomic mass is 79.9. The fourth-order valence-electron chi connectivity index (χ4n) is 2.73. The van der Waals surface area contributed by atoms with Gasteiger partial charge in [0, 0.05) is 6.54 Å². The van der Waals surface area contributed by atoms with Gasteiger partial charge in [-0.25, -0.2) is 0 Å². The van der Waals surface area contributed by atoms with Gasteiger partial charge in [0.25, 0.3) is 0 Å². The zero-order valence-electron chi connectivity index (χ0n) is 11.6. The first kappa shape index (κ1) is 15.5. The van der Waals surface area contributed by atoms with E-state index >= 15 is 0 Å². The molecule has 1 unspecified atom stereocenters. The van der Waals surface area contributed by atoms with Crippen LogP contribution in [0, 0.1) is 5.41 Å². The van der Waals surface area contributed by atoms with Crippen molar-refractivity contribution < 1.29 is 4.42 Å². The number of hydrogen-bond donors (Lipinski definition) is 1. The number of rotatable bonds is 3. The van der Waals surface area contributed by atoms with Crippen molar-refractivity contribution in [3.63, 3.8) is 0 Å². The zero-order chi connectivity index (χ0) is 14.0. The van der Waals surface area contributed by atoms with Crippen molar-refractivity contribution in [2.75, 3.05) is 19.6 Å². The molecule has 0 aliphatic carbocycles. The lowest BCUT2D eigenvalue weighted by Gasteiger charge is -2.29. The van der Waals surface area contributed by atoms with Crippen LogP contribution in [0.4, 0.5) is 0 Å². The minimum atomic E-state index is 0.177. The molecule has 2 heterocycles. The number of hydrogen-bond acceptors (Lipinski definition) is 3. The molecule has 0 saturated carbocycles. The summed E-state index contributed by atoms with van der Waals surface area (Å²) in [4.78, 5) is 2.46. The molecule has 1 atom stereocenters. The van der Waals surface area contributed by atoms with Crippen LogP contribution in [0.2, 0.25) is 0 Å². The maximum absolute atomic E-state index is 5.98. The van der Waals surface area contributed by atoms with Crippen molar-refractivity contribution >= 4 is 31.9 Å². The van der Waals surface area contributed by atoms with Crippen molar-refractivity contribution in [1.29, 1.82) is 0 Å². The SMILES string of the molecule is CC1(C)CCCN(C(CN)c2cc(Br)c(Br)o2)CC1. The lowest BCUT2D eigenvalue weighted by molar-refractivity contribution is 0.177. The van der Waals surface area contributed by atoms with Gasteiger partial charge in [-0.2, -0.15) is 0 Å². The molecule has 0 bridgehead atoms. The quantitative estimate of drug-likeness (QED) is 0.831. The Bertz CT molecular complexity index is 412. The minimum absolute atomic E-state index is 0.177. The summed E-state index contributed by atoms with van der Waals surface area (Å²) >= 11 is 6.87. The molecule has 1 aliphatic rings. The van der Waals surface area contributed by atoms with Gasteiger partial charge >= 0.3 is 0 Å². The van der Waals surface area contributed by atoms with Crippen LogP contribution < -0.4 is 5.73 Å². The number of likely N-dealkylation sites (tertiary alicyclic amines) is 1. The molecule has 2 rings (SSSR count). The number of furan rings is 1. The number of nitrogens with two attached hydrogens (primary N) is 1. The minimum Gasteiger partial charge on any atom is -0.451 e. The van der Waals surface area contributed by atoms with E-state index in [9.17, 15) is 0 Å². The molecule has 1 fully saturated rings. The highest BCUT2D eigenvalue weighted by molar-refractivity contribution is 9.13. The van der Waals surface area contributed by atoms with Gasteiger partial charge in [0.15, 0.2) is 4.67 Å². The van der Waals surface area contributed by atoms with Crippen LogP contribution in [0.1, 0.15) is 44.9 Å². The summed E-state index contributed by atoms with van der Waals surface area (Å²) in [6.07, 6.45) is 3.73. The Balaban J connectivity index is 2.13. The Morgan fingerprint density at radius 1 is 1.37 bits per heavy atom. The van der Waals surface area contributed by atoms with E-state index in [1.54, 1.807) is 0 Å². The van der Waals surface area contributed by atoms with Crippen molar-refractivity contribution in [3.05, 3.63) is 21.0 Å². The molecule has 1 saturated heterocycles. The fraction of sp³-hybridized carbons (Fsp3) is 0.714. The lowest BCUT2D eigenvalue weighted by Crippen LogP contribution is -2.34. The molecule has 1 aromatic rings. The van der Waals surface area contributed by atoms with Crippen LogP contribution in [-0.4, -0.2) is 24.5 Å². The van der Waals surface area contributed by atoms with Crippen LogP contribution in [-0.2, 0) is 0 Å². The topological polar surface area (TPSA) is 42.4 Å². The van der Waals surface area contributed by atoms with Gasteiger partial charge in [0.2, 0.25) is 0 Å². The van der Waals surface area contributed by atoms with Crippen LogP contribution in [0.25, 0.3) is 0 Å². The molecule has 3 nitrogen and oxygen atoms in total. The molecule has 0 amide bonds. The monoisotopic (exact) mass is 392 g/mol. The Kier molecular flexibility index (Phi) is 5.15. The summed E-state index contributed by atoms with van der Waals surface area (Å²) in [5, 5.41) is 0. The van der Waals surface area contributed by atoms with Gasteiger partial charge in [-0.1, -0.05) is 13.8 Å². The molecule has 1 aliphatic heterocycles. The third-order valence-corrected chi connectivity index (χ3v) is 5.74. The summed E-state index contributed by atoms with van der Waals surface area (Å²) in [6, 6.07) is 2.20. The summed E-state index contributed by atoms with van der Waals surface area (Å²) < 4.78 is 7.46. The number of halogens is 2. The lowest BCUT2D eigenvalue weighted by atomic mass is 9.85. The Morgan fingerprint density at radius 3 is 2.68 bits per heavy atom. The molecule has 0 aromatic carbocycles. The molecule has 0 spiro atoms. The Morgan fingerprint density at radius 2 is 2.11 bits per heavy atom. The van der Waals surface area contributed by atoms with E-state index < -0.39 is 0 Å². The maximum Gasteiger partial charge on any atom is 0.183 e. The second-order valence-corrected chi connectivity index (χ2v) is 7.65. The predicted molar refractivity (Wildman–Crippen MR) is 85.1 cm³/mol. The van der Waals surface area contributed by atoms with Crippen molar-refractivity contribution in [3.8, 4) is 0 Å². The van der Waals surface area contributed by atoms with E-state index in [-0.39, 0.29) is 6.04 Å². The molecular weight excluding hydrogens is 372 g/mol. The van der Waals surface area contributed by atoms with Gasteiger partial charge in [-0.3, -0.25) is 4.90 Å². The first-order chi connectivity index (χ1) is 8.93. The van der Waals surface area contributed by atoms with E-state index in [4.69, 9.17) is 10.2 Å². The van der Waals surface area contributed by atoms with Gasteiger partial charge in [-0.05, 0) is 75.7 Å². The summed E-state index contributed by atoms with van der Waals surface area (Å²) in [5.74, 6) is 0.945. The van der Waals surface area contributed by atoms with Crippen LogP contribution >= 0.6 is 31.9 Å². The molecular formula is C14H22Br2N2O. The van der Waals surface area contributed by atoms with E-state index in [0.717, 1.165) is 28.0 Å². The first-order valence-corrected chi connectivity index (χ1v) is 8.40.